The largest absolute Gasteiger partial charge is 0.511 e. The lowest BCUT2D eigenvalue weighted by Crippen LogP contribution is -2.15. The van der Waals surface area contributed by atoms with Gasteiger partial charge in [-0.15, -0.1) is 0 Å². The average Bonchev–Trinajstić information content (AvgIpc) is 2.27. The first-order valence-corrected chi connectivity index (χ1v) is 5.46. The minimum atomic E-state index is -4.47. The molecule has 0 aliphatic heterocycles. The van der Waals surface area contributed by atoms with Crippen molar-refractivity contribution >= 4 is 11.6 Å². The first-order chi connectivity index (χ1) is 9.16. The lowest BCUT2D eigenvalue weighted by atomic mass is 10.1. The Labute approximate surface area is 113 Å². The molecule has 7 heteroatoms. The van der Waals surface area contributed by atoms with E-state index in [0.29, 0.717) is 0 Å². The summed E-state index contributed by atoms with van der Waals surface area (Å²) in [4.78, 5) is 11.6. The molecular formula is C13H11F3N2O2. The van der Waals surface area contributed by atoms with Crippen LogP contribution in [-0.4, -0.2) is 11.0 Å². The SMILES string of the molecule is CC(O)=C(C#N)C(=O)Nc1ccc(C(F)(F)F)c(C)c1. The van der Waals surface area contributed by atoms with Gasteiger partial charge in [0, 0.05) is 5.69 Å². The highest BCUT2D eigenvalue weighted by Gasteiger charge is 2.32. The number of hydrogen-bond acceptors (Lipinski definition) is 3. The van der Waals surface area contributed by atoms with E-state index in [4.69, 9.17) is 10.4 Å². The molecule has 2 N–H and O–H groups in total. The number of nitriles is 1. The Morgan fingerprint density at radius 3 is 2.40 bits per heavy atom. The van der Waals surface area contributed by atoms with Gasteiger partial charge in [0.15, 0.2) is 5.57 Å². The number of aliphatic hydroxyl groups is 1. The third-order valence-electron chi connectivity index (χ3n) is 2.49. The fourth-order valence-electron chi connectivity index (χ4n) is 1.55. The summed E-state index contributed by atoms with van der Waals surface area (Å²) in [5, 5.41) is 20.0. The molecule has 1 aromatic rings. The molecule has 0 fully saturated rings. The van der Waals surface area contributed by atoms with Gasteiger partial charge in [-0.1, -0.05) is 0 Å². The number of nitrogens with one attached hydrogen (secondary N) is 1. The number of alkyl halides is 3. The van der Waals surface area contributed by atoms with Crippen molar-refractivity contribution < 1.29 is 23.1 Å². The lowest BCUT2D eigenvalue weighted by molar-refractivity contribution is -0.138. The Bertz CT molecular complexity index is 609. The minimum absolute atomic E-state index is 0.0569. The second-order valence-electron chi connectivity index (χ2n) is 4.05. The summed E-state index contributed by atoms with van der Waals surface area (Å²) in [6.07, 6.45) is -4.47. The van der Waals surface area contributed by atoms with E-state index in [1.165, 1.54) is 13.0 Å². The second-order valence-corrected chi connectivity index (χ2v) is 4.05. The van der Waals surface area contributed by atoms with E-state index in [1.54, 1.807) is 0 Å². The molecule has 0 spiro atoms. The predicted octanol–water partition coefficient (Wildman–Crippen LogP) is 3.31. The lowest BCUT2D eigenvalue weighted by Gasteiger charge is -2.12. The number of anilines is 1. The molecule has 0 heterocycles. The van der Waals surface area contributed by atoms with Crippen molar-refractivity contribution in [1.82, 2.24) is 0 Å². The Balaban J connectivity index is 3.03. The van der Waals surface area contributed by atoms with E-state index < -0.39 is 29.0 Å². The van der Waals surface area contributed by atoms with Crippen molar-refractivity contribution in [3.8, 4) is 6.07 Å². The molecular weight excluding hydrogens is 273 g/mol. The molecule has 0 saturated heterocycles. The number of aliphatic hydroxyl groups excluding tert-OH is 1. The molecule has 20 heavy (non-hydrogen) atoms. The van der Waals surface area contributed by atoms with E-state index in [2.05, 4.69) is 5.32 Å². The maximum absolute atomic E-state index is 12.6. The van der Waals surface area contributed by atoms with Gasteiger partial charge in [-0.2, -0.15) is 18.4 Å². The second kappa shape index (κ2) is 5.65. The summed E-state index contributed by atoms with van der Waals surface area (Å²) in [6, 6.07) is 4.57. The Morgan fingerprint density at radius 1 is 1.40 bits per heavy atom. The molecule has 4 nitrogen and oxygen atoms in total. The van der Waals surface area contributed by atoms with Crippen LogP contribution < -0.4 is 5.32 Å². The van der Waals surface area contributed by atoms with Crippen molar-refractivity contribution in [1.29, 1.82) is 5.26 Å². The Kier molecular flexibility index (Phi) is 4.40. The van der Waals surface area contributed by atoms with Gasteiger partial charge < -0.3 is 10.4 Å². The van der Waals surface area contributed by atoms with Crippen LogP contribution in [-0.2, 0) is 11.0 Å². The maximum Gasteiger partial charge on any atom is 0.416 e. The molecule has 0 radical (unpaired) electrons. The zero-order chi connectivity index (χ0) is 15.5. The zero-order valence-corrected chi connectivity index (χ0v) is 10.7. The van der Waals surface area contributed by atoms with Gasteiger partial charge in [-0.05, 0) is 37.6 Å². The Morgan fingerprint density at radius 2 is 2.00 bits per heavy atom. The fourth-order valence-corrected chi connectivity index (χ4v) is 1.55. The van der Waals surface area contributed by atoms with E-state index in [9.17, 15) is 18.0 Å². The van der Waals surface area contributed by atoms with Crippen molar-refractivity contribution in [2.24, 2.45) is 0 Å². The van der Waals surface area contributed by atoms with Crippen LogP contribution in [0.15, 0.2) is 29.5 Å². The smallest absolute Gasteiger partial charge is 0.416 e. The average molecular weight is 284 g/mol. The number of benzene rings is 1. The van der Waals surface area contributed by atoms with E-state index in [0.717, 1.165) is 25.1 Å². The van der Waals surface area contributed by atoms with Crippen LogP contribution in [0, 0.1) is 18.3 Å². The van der Waals surface area contributed by atoms with Crippen molar-refractivity contribution in [2.45, 2.75) is 20.0 Å². The number of hydrogen-bond donors (Lipinski definition) is 2. The molecule has 0 aliphatic carbocycles. The summed E-state index contributed by atoms with van der Waals surface area (Å²) in [5.74, 6) is -1.35. The highest BCUT2D eigenvalue weighted by Crippen LogP contribution is 2.32. The van der Waals surface area contributed by atoms with Gasteiger partial charge in [-0.25, -0.2) is 0 Å². The molecule has 1 rings (SSSR count). The summed E-state index contributed by atoms with van der Waals surface area (Å²) in [7, 11) is 0. The van der Waals surface area contributed by atoms with E-state index in [-0.39, 0.29) is 11.3 Å². The van der Waals surface area contributed by atoms with Crippen LogP contribution in [0.2, 0.25) is 0 Å². The van der Waals surface area contributed by atoms with Crippen LogP contribution in [0.3, 0.4) is 0 Å². The number of halogens is 3. The molecule has 0 aliphatic rings. The van der Waals surface area contributed by atoms with Crippen molar-refractivity contribution in [3.63, 3.8) is 0 Å². The van der Waals surface area contributed by atoms with E-state index in [1.807, 2.05) is 0 Å². The first-order valence-electron chi connectivity index (χ1n) is 5.46. The van der Waals surface area contributed by atoms with Crippen LogP contribution in [0.25, 0.3) is 0 Å². The van der Waals surface area contributed by atoms with Crippen molar-refractivity contribution in [2.75, 3.05) is 5.32 Å². The summed E-state index contributed by atoms with van der Waals surface area (Å²) >= 11 is 0. The highest BCUT2D eigenvalue weighted by atomic mass is 19.4. The standard InChI is InChI=1S/C13H11F3N2O2/c1-7-5-9(3-4-11(7)13(14,15)16)18-12(20)10(6-17)8(2)19/h3-5,19H,1-2H3,(H,18,20). The van der Waals surface area contributed by atoms with Gasteiger partial charge in [0.2, 0.25) is 0 Å². The number of amides is 1. The van der Waals surface area contributed by atoms with Gasteiger partial charge in [0.1, 0.15) is 11.8 Å². The van der Waals surface area contributed by atoms with Gasteiger partial charge >= 0.3 is 6.18 Å². The first kappa shape index (κ1) is 15.6. The topological polar surface area (TPSA) is 73.1 Å². The third-order valence-corrected chi connectivity index (χ3v) is 2.49. The molecule has 0 unspecified atom stereocenters. The maximum atomic E-state index is 12.6. The van der Waals surface area contributed by atoms with Crippen LogP contribution in [0.1, 0.15) is 18.1 Å². The number of allylic oxidation sites excluding steroid dienone is 1. The van der Waals surface area contributed by atoms with Gasteiger partial charge in [0.05, 0.1) is 5.56 Å². The number of nitrogens with zero attached hydrogens (tertiary/aromatic N) is 1. The minimum Gasteiger partial charge on any atom is -0.511 e. The zero-order valence-electron chi connectivity index (χ0n) is 10.7. The quantitative estimate of drug-likeness (QED) is 0.497. The van der Waals surface area contributed by atoms with Crippen molar-refractivity contribution in [3.05, 3.63) is 40.7 Å². The molecule has 0 bridgehead atoms. The fraction of sp³-hybridized carbons (Fsp3) is 0.231. The van der Waals surface area contributed by atoms with Gasteiger partial charge in [-0.3, -0.25) is 4.79 Å². The monoisotopic (exact) mass is 284 g/mol. The van der Waals surface area contributed by atoms with E-state index >= 15 is 0 Å². The van der Waals surface area contributed by atoms with Crippen LogP contribution >= 0.6 is 0 Å². The third kappa shape index (κ3) is 3.51. The van der Waals surface area contributed by atoms with Crippen LogP contribution in [0.5, 0.6) is 0 Å². The number of rotatable bonds is 2. The number of carbonyl (C=O) groups is 1. The molecule has 0 aromatic heterocycles. The normalized spacial score (nSPS) is 12.4. The summed E-state index contributed by atoms with van der Waals surface area (Å²) in [5.41, 5.74) is -1.25. The number of carbonyl (C=O) groups excluding carboxylic acids is 1. The predicted molar refractivity (Wildman–Crippen MR) is 65.8 cm³/mol. The Hall–Kier alpha value is -2.49. The molecule has 106 valence electrons. The molecule has 1 aromatic carbocycles. The van der Waals surface area contributed by atoms with Crippen LogP contribution in [0.4, 0.5) is 18.9 Å². The molecule has 1 amide bonds. The summed E-state index contributed by atoms with van der Waals surface area (Å²) < 4.78 is 37.7. The highest BCUT2D eigenvalue weighted by molar-refractivity contribution is 6.06. The molecule has 0 atom stereocenters. The van der Waals surface area contributed by atoms with Gasteiger partial charge in [0.25, 0.3) is 5.91 Å². The summed E-state index contributed by atoms with van der Waals surface area (Å²) in [6.45, 7) is 2.42. The number of aryl methyl sites for hydroxylation is 1. The molecule has 0 saturated carbocycles.